The molecule has 1 heterocycles. The van der Waals surface area contributed by atoms with Gasteiger partial charge in [-0.15, -0.1) is 6.42 Å². The summed E-state index contributed by atoms with van der Waals surface area (Å²) in [7, 11) is -16.5. The molecule has 0 aliphatic carbocycles. The fourth-order valence-corrected chi connectivity index (χ4v) is 4.90. The van der Waals surface area contributed by atoms with Crippen molar-refractivity contribution < 1.29 is 55.9 Å². The van der Waals surface area contributed by atoms with E-state index >= 15 is 0 Å². The molecule has 1 saturated heterocycles. The average Bonchev–Trinajstić information content (AvgIpc) is 2.76. The van der Waals surface area contributed by atoms with Crippen LogP contribution in [-0.2, 0) is 36.3 Å². The van der Waals surface area contributed by atoms with Crippen molar-refractivity contribution in [2.45, 2.75) is 24.8 Å². The standard InChI is InChI=1S/C7H13BN3O12P3/c1-2-8-6-3-5(19-4-10-11-9)7(20-6)21-25(15,16)23-26(17,18)22-24(12,13)14/h1,5-8H,3-4H2,(H,15,16)(H,17,18)(H2,12,13,14)/t5?,6-,7-/m1/s1. The highest BCUT2D eigenvalue weighted by atomic mass is 31.3. The van der Waals surface area contributed by atoms with Gasteiger partial charge >= 0.3 is 23.5 Å². The van der Waals surface area contributed by atoms with Crippen LogP contribution in [0.15, 0.2) is 5.11 Å². The first-order chi connectivity index (χ1) is 11.9. The molecule has 0 aromatic rings. The normalized spacial score (nSPS) is 27.6. The van der Waals surface area contributed by atoms with Crippen LogP contribution in [0.5, 0.6) is 0 Å². The quantitative estimate of drug-likeness (QED) is 0.0894. The van der Waals surface area contributed by atoms with Crippen LogP contribution in [0.2, 0.25) is 0 Å². The van der Waals surface area contributed by atoms with Gasteiger partial charge in [0.2, 0.25) is 7.28 Å². The number of rotatable bonds is 10. The van der Waals surface area contributed by atoms with Gasteiger partial charge in [-0.3, -0.25) is 4.52 Å². The molecule has 3 unspecified atom stereocenters. The fourth-order valence-electron chi connectivity index (χ4n) is 1.79. The summed E-state index contributed by atoms with van der Waals surface area (Å²) >= 11 is 0. The predicted octanol–water partition coefficient (Wildman–Crippen LogP) is 0.0824. The topological polar surface area (TPSA) is 227 Å². The van der Waals surface area contributed by atoms with Crippen molar-refractivity contribution in [1.82, 2.24) is 0 Å². The average molecular weight is 435 g/mol. The minimum absolute atomic E-state index is 0.0611. The van der Waals surface area contributed by atoms with Crippen LogP contribution in [0.1, 0.15) is 6.42 Å². The summed E-state index contributed by atoms with van der Waals surface area (Å²) < 4.78 is 55.6. The first-order valence-corrected chi connectivity index (χ1v) is 10.9. The Hall–Kier alpha value is -0.735. The molecule has 0 radical (unpaired) electrons. The van der Waals surface area contributed by atoms with Gasteiger partial charge in [0, 0.05) is 10.9 Å². The molecular weight excluding hydrogens is 422 g/mol. The Balaban J connectivity index is 2.81. The zero-order valence-corrected chi connectivity index (χ0v) is 15.4. The van der Waals surface area contributed by atoms with Crippen molar-refractivity contribution in [1.29, 1.82) is 0 Å². The van der Waals surface area contributed by atoms with E-state index in [2.05, 4.69) is 29.0 Å². The van der Waals surface area contributed by atoms with Gasteiger partial charge in [0.15, 0.2) is 6.29 Å². The van der Waals surface area contributed by atoms with Crippen LogP contribution in [0, 0.1) is 12.2 Å². The Bertz CT molecular complexity index is 730. The van der Waals surface area contributed by atoms with Crippen LogP contribution in [0.25, 0.3) is 10.4 Å². The molecule has 0 aromatic heterocycles. The zero-order valence-electron chi connectivity index (χ0n) is 12.7. The van der Waals surface area contributed by atoms with Gasteiger partial charge in [0.25, 0.3) is 0 Å². The van der Waals surface area contributed by atoms with E-state index in [0.717, 1.165) is 0 Å². The van der Waals surface area contributed by atoms with Crippen LogP contribution in [0.3, 0.4) is 0 Å². The Morgan fingerprint density at radius 1 is 1.27 bits per heavy atom. The lowest BCUT2D eigenvalue weighted by molar-refractivity contribution is -0.124. The maximum absolute atomic E-state index is 11.8. The lowest BCUT2D eigenvalue weighted by Crippen LogP contribution is -2.26. The van der Waals surface area contributed by atoms with Crippen molar-refractivity contribution >= 4 is 30.7 Å². The van der Waals surface area contributed by atoms with E-state index in [-0.39, 0.29) is 13.7 Å². The number of azide groups is 1. The SMILES string of the molecule is C#CB[C@H]1CC(OCN=[N+]=[N-])[C@@H](OP(=O)(O)OP(=O)(O)OP(=O)(O)O)O1. The molecule has 0 saturated carbocycles. The van der Waals surface area contributed by atoms with Gasteiger partial charge in [-0.1, -0.05) is 5.11 Å². The maximum Gasteiger partial charge on any atom is 0.490 e. The van der Waals surface area contributed by atoms with E-state index in [1.165, 1.54) is 0 Å². The number of phosphoric acid groups is 3. The van der Waals surface area contributed by atoms with E-state index in [9.17, 15) is 18.6 Å². The molecule has 26 heavy (non-hydrogen) atoms. The highest BCUT2D eigenvalue weighted by Crippen LogP contribution is 2.66. The number of hydrogen-bond donors (Lipinski definition) is 4. The Kier molecular flexibility index (Phi) is 8.48. The molecule has 0 aromatic carbocycles. The van der Waals surface area contributed by atoms with E-state index in [0.29, 0.717) is 0 Å². The molecule has 0 amide bonds. The number of phosphoric ester groups is 1. The van der Waals surface area contributed by atoms with Crippen molar-refractivity contribution in [3.8, 4) is 12.2 Å². The highest BCUT2D eigenvalue weighted by molar-refractivity contribution is 7.66. The third-order valence-corrected chi connectivity index (χ3v) is 6.33. The van der Waals surface area contributed by atoms with E-state index in [4.69, 9.17) is 36.1 Å². The minimum Gasteiger partial charge on any atom is -0.367 e. The summed E-state index contributed by atoms with van der Waals surface area (Å²) in [6, 6.07) is -0.673. The molecule has 1 aliphatic rings. The fraction of sp³-hybridized carbons (Fsp3) is 0.714. The lowest BCUT2D eigenvalue weighted by atomic mass is 9.72. The molecule has 19 heteroatoms. The van der Waals surface area contributed by atoms with Crippen molar-refractivity contribution in [3.63, 3.8) is 0 Å². The first kappa shape index (κ1) is 23.3. The first-order valence-electron chi connectivity index (χ1n) is 6.41. The third kappa shape index (κ3) is 8.77. The Morgan fingerprint density at radius 3 is 2.46 bits per heavy atom. The predicted molar refractivity (Wildman–Crippen MR) is 83.1 cm³/mol. The summed E-state index contributed by atoms with van der Waals surface area (Å²) in [5, 5.41) is 3.09. The van der Waals surface area contributed by atoms with Crippen LogP contribution < -0.4 is 0 Å². The van der Waals surface area contributed by atoms with Crippen LogP contribution in [0.4, 0.5) is 0 Å². The Labute approximate surface area is 146 Å². The summed E-state index contributed by atoms with van der Waals surface area (Å²) in [5.41, 5.74) is 8.20. The van der Waals surface area contributed by atoms with Crippen LogP contribution >= 0.6 is 23.5 Å². The second-order valence-corrected chi connectivity index (χ2v) is 8.90. The number of terminal acetylenes is 1. The smallest absolute Gasteiger partial charge is 0.367 e. The number of nitrogens with zero attached hydrogens (tertiary/aromatic N) is 3. The van der Waals surface area contributed by atoms with Gasteiger partial charge in [-0.2, -0.15) is 14.4 Å². The second-order valence-electron chi connectivity index (χ2n) is 4.53. The van der Waals surface area contributed by atoms with Gasteiger partial charge < -0.3 is 29.0 Å². The molecule has 1 fully saturated rings. The zero-order chi connectivity index (χ0) is 20.0. The molecule has 1 aliphatic heterocycles. The lowest BCUT2D eigenvalue weighted by Gasteiger charge is -2.22. The van der Waals surface area contributed by atoms with E-state index in [1.54, 1.807) is 0 Å². The summed E-state index contributed by atoms with van der Waals surface area (Å²) in [4.78, 5) is 37.9. The molecule has 0 spiro atoms. The monoisotopic (exact) mass is 435 g/mol. The van der Waals surface area contributed by atoms with Gasteiger partial charge in [-0.05, 0) is 12.0 Å². The molecule has 146 valence electrons. The van der Waals surface area contributed by atoms with Crippen molar-refractivity contribution in [2.24, 2.45) is 5.11 Å². The summed E-state index contributed by atoms with van der Waals surface area (Å²) in [5.74, 6) is 2.27. The Morgan fingerprint density at radius 2 is 1.92 bits per heavy atom. The van der Waals surface area contributed by atoms with Gasteiger partial charge in [-0.25, -0.2) is 13.7 Å². The van der Waals surface area contributed by atoms with E-state index < -0.39 is 48.6 Å². The van der Waals surface area contributed by atoms with Gasteiger partial charge in [0.05, 0.1) is 0 Å². The second kappa shape index (κ2) is 9.46. The largest absolute Gasteiger partial charge is 0.490 e. The summed E-state index contributed by atoms with van der Waals surface area (Å²) in [6.45, 7) is -0.483. The molecule has 5 atom stereocenters. The highest BCUT2D eigenvalue weighted by Gasteiger charge is 2.46. The molecule has 0 bridgehead atoms. The third-order valence-electron chi connectivity index (χ3n) is 2.53. The molecule has 15 nitrogen and oxygen atoms in total. The van der Waals surface area contributed by atoms with Crippen molar-refractivity contribution in [3.05, 3.63) is 10.4 Å². The van der Waals surface area contributed by atoms with Gasteiger partial charge in [0.1, 0.15) is 12.8 Å². The van der Waals surface area contributed by atoms with Crippen molar-refractivity contribution in [2.75, 3.05) is 6.73 Å². The number of hydrogen-bond acceptors (Lipinski definition) is 9. The number of ether oxygens (including phenoxy) is 2. The maximum atomic E-state index is 11.8. The van der Waals surface area contributed by atoms with E-state index in [1.807, 2.05) is 0 Å². The molecule has 1 rings (SSSR count). The minimum atomic E-state index is -5.66. The van der Waals surface area contributed by atoms with Crippen LogP contribution in [-0.4, -0.2) is 52.0 Å². The molecular formula is C7H13BN3O12P3. The molecule has 4 N–H and O–H groups in total. The summed E-state index contributed by atoms with van der Waals surface area (Å²) in [6.07, 6.45) is 2.49.